The molecular weight excluding hydrogens is 503 g/mol. The lowest BCUT2D eigenvalue weighted by molar-refractivity contribution is -0.126. The first-order valence-corrected chi connectivity index (χ1v) is 13.2. The Balaban J connectivity index is 1.23. The number of rotatable bonds is 7. The summed E-state index contributed by atoms with van der Waals surface area (Å²) in [6.45, 7) is 6.59. The number of halogens is 2. The van der Waals surface area contributed by atoms with Crippen LogP contribution >= 0.6 is 22.9 Å². The second kappa shape index (κ2) is 11.2. The van der Waals surface area contributed by atoms with Crippen molar-refractivity contribution in [2.24, 2.45) is 0 Å². The van der Waals surface area contributed by atoms with Crippen molar-refractivity contribution in [2.75, 3.05) is 57.7 Å². The van der Waals surface area contributed by atoms with Crippen LogP contribution in [0.25, 0.3) is 10.2 Å². The maximum Gasteiger partial charge on any atom is 0.246 e. The summed E-state index contributed by atoms with van der Waals surface area (Å²) in [6.07, 6.45) is 5.86. The molecule has 1 saturated heterocycles. The van der Waals surface area contributed by atoms with Gasteiger partial charge in [-0.25, -0.2) is 14.4 Å². The van der Waals surface area contributed by atoms with E-state index in [-0.39, 0.29) is 17.5 Å². The van der Waals surface area contributed by atoms with E-state index in [4.69, 9.17) is 16.7 Å². The lowest BCUT2D eigenvalue weighted by atomic mass is 10.0. The van der Waals surface area contributed by atoms with E-state index >= 15 is 0 Å². The molecule has 4 heterocycles. The Morgan fingerprint density at radius 2 is 2.00 bits per heavy atom. The van der Waals surface area contributed by atoms with Gasteiger partial charge in [0.25, 0.3) is 0 Å². The van der Waals surface area contributed by atoms with E-state index in [1.807, 2.05) is 11.0 Å². The van der Waals surface area contributed by atoms with Crippen molar-refractivity contribution in [1.29, 1.82) is 0 Å². The molecule has 8 nitrogen and oxygen atoms in total. The predicted octanol–water partition coefficient (Wildman–Crippen LogP) is 3.28. The van der Waals surface area contributed by atoms with Crippen molar-refractivity contribution >= 4 is 50.6 Å². The molecular formula is C25H28ClFN6O2S. The number of piperazine rings is 1. The summed E-state index contributed by atoms with van der Waals surface area (Å²) in [4.78, 5) is 30.2. The van der Waals surface area contributed by atoms with Gasteiger partial charge in [0.2, 0.25) is 5.91 Å². The number of nitrogens with zero attached hydrogens (tertiary/aromatic N) is 5. The molecule has 36 heavy (non-hydrogen) atoms. The third-order valence-corrected chi connectivity index (χ3v) is 8.05. The Morgan fingerprint density at radius 3 is 2.78 bits per heavy atom. The van der Waals surface area contributed by atoms with Gasteiger partial charge in [-0.2, -0.15) is 0 Å². The summed E-state index contributed by atoms with van der Waals surface area (Å²) in [5.41, 5.74) is 1.80. The molecule has 5 rings (SSSR count). The monoisotopic (exact) mass is 530 g/mol. The van der Waals surface area contributed by atoms with Crippen LogP contribution in [0.2, 0.25) is 5.02 Å². The van der Waals surface area contributed by atoms with Gasteiger partial charge in [-0.05, 0) is 30.2 Å². The van der Waals surface area contributed by atoms with Gasteiger partial charge in [0.15, 0.2) is 0 Å². The Hall–Kier alpha value is -2.63. The maximum absolute atomic E-state index is 13.5. The molecule has 0 saturated carbocycles. The molecule has 0 spiro atoms. The Kier molecular flexibility index (Phi) is 7.78. The van der Waals surface area contributed by atoms with E-state index in [0.717, 1.165) is 59.9 Å². The summed E-state index contributed by atoms with van der Waals surface area (Å²) < 4.78 is 13.5. The van der Waals surface area contributed by atoms with Gasteiger partial charge in [-0.15, -0.1) is 11.3 Å². The number of carbonyl (C=O) groups is 1. The zero-order valence-electron chi connectivity index (χ0n) is 19.8. The summed E-state index contributed by atoms with van der Waals surface area (Å²) in [6, 6.07) is 4.47. The molecule has 0 radical (unpaired) electrons. The average molecular weight is 531 g/mol. The van der Waals surface area contributed by atoms with Crippen molar-refractivity contribution in [3.63, 3.8) is 0 Å². The van der Waals surface area contributed by atoms with Crippen LogP contribution in [0.3, 0.4) is 0 Å². The normalized spacial score (nSPS) is 17.1. The number of fused-ring (bicyclic) bond motifs is 3. The summed E-state index contributed by atoms with van der Waals surface area (Å²) in [5.74, 6) is 0.198. The van der Waals surface area contributed by atoms with Crippen LogP contribution < -0.4 is 5.32 Å². The van der Waals surface area contributed by atoms with Crippen molar-refractivity contribution in [3.05, 3.63) is 58.0 Å². The number of hydrogen-bond acceptors (Lipinski definition) is 8. The van der Waals surface area contributed by atoms with Gasteiger partial charge in [0, 0.05) is 62.5 Å². The van der Waals surface area contributed by atoms with Gasteiger partial charge in [0.1, 0.15) is 22.8 Å². The van der Waals surface area contributed by atoms with Crippen molar-refractivity contribution in [1.82, 2.24) is 24.7 Å². The highest BCUT2D eigenvalue weighted by molar-refractivity contribution is 7.19. The largest absolute Gasteiger partial charge is 0.395 e. The van der Waals surface area contributed by atoms with Gasteiger partial charge in [-0.3, -0.25) is 14.6 Å². The third-order valence-electron chi connectivity index (χ3n) is 6.64. The van der Waals surface area contributed by atoms with Crippen molar-refractivity contribution in [3.8, 4) is 0 Å². The molecule has 11 heteroatoms. The predicted molar refractivity (Wildman–Crippen MR) is 140 cm³/mol. The number of β-amino-alcohol motifs (C(OH)–C–C–N with tert-alkyl or cyclic N) is 1. The molecule has 2 aliphatic heterocycles. The number of nitrogens with one attached hydrogen (secondary N) is 1. The number of thiophene rings is 1. The number of hydrogen-bond donors (Lipinski definition) is 2. The topological polar surface area (TPSA) is 84.8 Å². The minimum absolute atomic E-state index is 0.0161. The minimum Gasteiger partial charge on any atom is -0.395 e. The van der Waals surface area contributed by atoms with E-state index in [2.05, 4.69) is 25.1 Å². The molecule has 190 valence electrons. The molecule has 2 N–H and O–H groups in total. The van der Waals surface area contributed by atoms with Crippen LogP contribution in [0, 0.1) is 5.82 Å². The number of benzene rings is 1. The molecule has 0 bridgehead atoms. The standard InChI is InChI=1S/C25H28ClFN6O2S/c26-19-14-17(3-4-20(19)27)30-24-23-18-5-7-33(15-21(18)36-25(23)29-16-28-24)22(35)2-1-6-31-8-10-32(11-9-31)12-13-34/h1-4,14,16,34H,5-13,15H2,(H,28,29,30)/b2-1+. The van der Waals surface area contributed by atoms with E-state index < -0.39 is 5.82 Å². The number of carbonyl (C=O) groups excluding carboxylic acids is 1. The van der Waals surface area contributed by atoms with E-state index in [0.29, 0.717) is 31.0 Å². The molecule has 0 unspecified atom stereocenters. The molecule has 1 aromatic carbocycles. The fourth-order valence-corrected chi connectivity index (χ4v) is 6.05. The Bertz CT molecular complexity index is 1280. The molecule has 1 amide bonds. The van der Waals surface area contributed by atoms with E-state index in [1.165, 1.54) is 18.5 Å². The number of aliphatic hydroxyl groups excluding tert-OH is 1. The lowest BCUT2D eigenvalue weighted by Gasteiger charge is -2.33. The van der Waals surface area contributed by atoms with Gasteiger partial charge >= 0.3 is 0 Å². The maximum atomic E-state index is 13.5. The zero-order chi connectivity index (χ0) is 25.1. The number of anilines is 2. The van der Waals surface area contributed by atoms with Crippen LogP contribution in [0.1, 0.15) is 10.4 Å². The van der Waals surface area contributed by atoms with Crippen LogP contribution in [0.5, 0.6) is 0 Å². The minimum atomic E-state index is -0.470. The smallest absolute Gasteiger partial charge is 0.246 e. The summed E-state index contributed by atoms with van der Waals surface area (Å²) >= 11 is 7.51. The number of aliphatic hydroxyl groups is 1. The van der Waals surface area contributed by atoms with Gasteiger partial charge < -0.3 is 15.3 Å². The first kappa shape index (κ1) is 25.0. The molecule has 2 aliphatic rings. The van der Waals surface area contributed by atoms with Crippen molar-refractivity contribution < 1.29 is 14.3 Å². The summed E-state index contributed by atoms with van der Waals surface area (Å²) in [5, 5.41) is 13.3. The Labute approximate surface area is 218 Å². The fraction of sp³-hybridized carbons (Fsp3) is 0.400. The van der Waals surface area contributed by atoms with Crippen LogP contribution in [-0.4, -0.2) is 88.1 Å². The molecule has 1 fully saturated rings. The highest BCUT2D eigenvalue weighted by Crippen LogP contribution is 2.38. The first-order valence-electron chi connectivity index (χ1n) is 12.0. The molecule has 0 atom stereocenters. The molecule has 3 aromatic rings. The second-order valence-electron chi connectivity index (χ2n) is 8.94. The fourth-order valence-electron chi connectivity index (χ4n) is 4.67. The van der Waals surface area contributed by atoms with Gasteiger partial charge in [0.05, 0.1) is 23.6 Å². The highest BCUT2D eigenvalue weighted by atomic mass is 35.5. The SMILES string of the molecule is O=C(/C=C/CN1CCN(CCO)CC1)N1CCc2c(sc3ncnc(Nc4ccc(F)c(Cl)c4)c23)C1. The van der Waals surface area contributed by atoms with Crippen molar-refractivity contribution in [2.45, 2.75) is 13.0 Å². The highest BCUT2D eigenvalue weighted by Gasteiger charge is 2.25. The van der Waals surface area contributed by atoms with Crippen LogP contribution in [-0.2, 0) is 17.8 Å². The quantitative estimate of drug-likeness (QED) is 0.453. The Morgan fingerprint density at radius 1 is 1.19 bits per heavy atom. The zero-order valence-corrected chi connectivity index (χ0v) is 21.4. The average Bonchev–Trinajstić information content (AvgIpc) is 3.26. The van der Waals surface area contributed by atoms with Crippen LogP contribution in [0.15, 0.2) is 36.7 Å². The van der Waals surface area contributed by atoms with E-state index in [9.17, 15) is 9.18 Å². The number of amides is 1. The summed E-state index contributed by atoms with van der Waals surface area (Å²) in [7, 11) is 0. The third kappa shape index (κ3) is 5.52. The van der Waals surface area contributed by atoms with Crippen LogP contribution in [0.4, 0.5) is 15.9 Å². The number of aromatic nitrogens is 2. The molecule has 2 aromatic heterocycles. The first-order chi connectivity index (χ1) is 17.5. The molecule has 0 aliphatic carbocycles. The van der Waals surface area contributed by atoms with Gasteiger partial charge in [-0.1, -0.05) is 17.7 Å². The van der Waals surface area contributed by atoms with E-state index in [1.54, 1.807) is 23.5 Å². The lowest BCUT2D eigenvalue weighted by Crippen LogP contribution is -2.47. The second-order valence-corrected chi connectivity index (χ2v) is 10.4.